The molecule has 3 aromatic carbocycles. The van der Waals surface area contributed by atoms with Crippen LogP contribution in [0.3, 0.4) is 0 Å². The van der Waals surface area contributed by atoms with Crippen molar-refractivity contribution in [3.8, 4) is 5.69 Å². The maximum absolute atomic E-state index is 13.5. The summed E-state index contributed by atoms with van der Waals surface area (Å²) in [7, 11) is 0. The van der Waals surface area contributed by atoms with E-state index in [0.29, 0.717) is 30.4 Å². The van der Waals surface area contributed by atoms with Crippen molar-refractivity contribution in [3.05, 3.63) is 142 Å². The first kappa shape index (κ1) is 26.4. The molecule has 10 nitrogen and oxygen atoms in total. The van der Waals surface area contributed by atoms with Crippen LogP contribution in [0.5, 0.6) is 0 Å². The zero-order valence-corrected chi connectivity index (χ0v) is 22.3. The zero-order valence-electron chi connectivity index (χ0n) is 22.3. The molecule has 0 spiro atoms. The summed E-state index contributed by atoms with van der Waals surface area (Å²) in [5.41, 5.74) is 8.27. The van der Waals surface area contributed by atoms with E-state index < -0.39 is 17.3 Å². The summed E-state index contributed by atoms with van der Waals surface area (Å²) >= 11 is 0. The number of primary amides is 1. The highest BCUT2D eigenvalue weighted by Gasteiger charge is 2.20. The van der Waals surface area contributed by atoms with Gasteiger partial charge in [0.15, 0.2) is 5.65 Å². The monoisotopic (exact) mass is 560 g/mol. The van der Waals surface area contributed by atoms with Gasteiger partial charge in [-0.1, -0.05) is 60.7 Å². The number of aromatic nitrogens is 5. The molecular formula is C31H25FN8O2. The van der Waals surface area contributed by atoms with E-state index in [4.69, 9.17) is 5.73 Å². The van der Waals surface area contributed by atoms with Crippen LogP contribution in [0.4, 0.5) is 21.7 Å². The van der Waals surface area contributed by atoms with Gasteiger partial charge in [-0.05, 0) is 41.5 Å². The van der Waals surface area contributed by atoms with E-state index in [1.807, 2.05) is 60.7 Å². The lowest BCUT2D eigenvalue weighted by Crippen LogP contribution is -2.26. The van der Waals surface area contributed by atoms with Gasteiger partial charge in [0.05, 0.1) is 18.1 Å². The Morgan fingerprint density at radius 1 is 0.881 bits per heavy atom. The third kappa shape index (κ3) is 5.43. The van der Waals surface area contributed by atoms with Crippen LogP contribution in [-0.2, 0) is 13.1 Å². The number of fused-ring (bicyclic) bond motifs is 1. The van der Waals surface area contributed by atoms with Gasteiger partial charge in [0, 0.05) is 19.2 Å². The quantitative estimate of drug-likeness (QED) is 0.268. The number of nitrogens with zero attached hydrogens (tertiary/aromatic N) is 6. The Morgan fingerprint density at radius 2 is 1.52 bits per heavy atom. The second-order valence-corrected chi connectivity index (χ2v) is 9.55. The number of nitrogens with two attached hydrogens (primary N) is 1. The summed E-state index contributed by atoms with van der Waals surface area (Å²) in [6.45, 7) is 1.04. The fourth-order valence-corrected chi connectivity index (χ4v) is 4.65. The summed E-state index contributed by atoms with van der Waals surface area (Å²) in [6, 6.07) is 28.6. The molecule has 11 heteroatoms. The van der Waals surface area contributed by atoms with Crippen molar-refractivity contribution in [1.82, 2.24) is 24.4 Å². The van der Waals surface area contributed by atoms with E-state index in [1.54, 1.807) is 10.6 Å². The molecule has 6 rings (SSSR count). The highest BCUT2D eigenvalue weighted by atomic mass is 19.1. The number of hydrogen-bond donors (Lipinski definition) is 2. The fraction of sp³-hybridized carbons (Fsp3) is 0.0645. The molecule has 3 N–H and O–H groups in total. The smallest absolute Gasteiger partial charge is 0.295 e. The molecule has 0 unspecified atom stereocenters. The van der Waals surface area contributed by atoms with E-state index >= 15 is 0 Å². The third-order valence-electron chi connectivity index (χ3n) is 6.66. The van der Waals surface area contributed by atoms with E-state index in [-0.39, 0.29) is 16.9 Å². The van der Waals surface area contributed by atoms with Gasteiger partial charge in [0.25, 0.3) is 11.5 Å². The average molecular weight is 561 g/mol. The van der Waals surface area contributed by atoms with Gasteiger partial charge in [0.1, 0.15) is 28.7 Å². The number of hydrogen-bond acceptors (Lipinski definition) is 7. The number of benzene rings is 3. The fourth-order valence-electron chi connectivity index (χ4n) is 4.65. The molecule has 6 aromatic rings. The van der Waals surface area contributed by atoms with Crippen LogP contribution in [0.25, 0.3) is 11.3 Å². The molecule has 0 saturated heterocycles. The number of carbonyl (C=O) groups is 1. The molecule has 0 aliphatic rings. The first-order valence-corrected chi connectivity index (χ1v) is 13.1. The number of halogens is 1. The van der Waals surface area contributed by atoms with Crippen LogP contribution >= 0.6 is 0 Å². The first-order chi connectivity index (χ1) is 20.5. The van der Waals surface area contributed by atoms with Crippen LogP contribution in [0.2, 0.25) is 0 Å². The predicted molar refractivity (Wildman–Crippen MR) is 157 cm³/mol. The standard InChI is InChI=1S/C31H25FN8O2/c32-23-11-13-24(14-12-23)39-31(42)26(15-16-34-39)36-27-17-28(40-30(37-27)25(18-35-40)29(33)41)38(19-21-7-3-1-4-8-21)20-22-9-5-2-6-10-22/h1-18H,19-20H2,(H2,33,41)(H,36,37). The van der Waals surface area contributed by atoms with E-state index in [9.17, 15) is 14.0 Å². The summed E-state index contributed by atoms with van der Waals surface area (Å²) in [5, 5.41) is 11.7. The van der Waals surface area contributed by atoms with Crippen LogP contribution in [0, 0.1) is 5.82 Å². The Kier molecular flexibility index (Phi) is 7.12. The van der Waals surface area contributed by atoms with Gasteiger partial charge >= 0.3 is 0 Å². The van der Waals surface area contributed by atoms with Crippen molar-refractivity contribution in [1.29, 1.82) is 0 Å². The minimum Gasteiger partial charge on any atom is -0.365 e. The first-order valence-electron chi connectivity index (χ1n) is 13.1. The van der Waals surface area contributed by atoms with E-state index in [0.717, 1.165) is 15.8 Å². The lowest BCUT2D eigenvalue weighted by atomic mass is 10.1. The van der Waals surface area contributed by atoms with E-state index in [1.165, 1.54) is 42.7 Å². The molecule has 0 aliphatic carbocycles. The molecule has 0 fully saturated rings. The van der Waals surface area contributed by atoms with Crippen molar-refractivity contribution >= 4 is 28.9 Å². The highest BCUT2D eigenvalue weighted by Crippen LogP contribution is 2.27. The van der Waals surface area contributed by atoms with Crippen LogP contribution < -0.4 is 21.5 Å². The molecule has 3 aromatic heterocycles. The normalized spacial score (nSPS) is 11.0. The molecule has 0 radical (unpaired) electrons. The Morgan fingerprint density at radius 3 is 2.14 bits per heavy atom. The Hall–Kier alpha value is -5.84. The second kappa shape index (κ2) is 11.3. The minimum atomic E-state index is -0.680. The maximum atomic E-state index is 13.5. The molecule has 0 atom stereocenters. The van der Waals surface area contributed by atoms with Crippen LogP contribution in [0.1, 0.15) is 21.5 Å². The zero-order chi connectivity index (χ0) is 29.1. The van der Waals surface area contributed by atoms with Crippen LogP contribution in [-0.4, -0.2) is 30.3 Å². The number of amides is 1. The molecule has 1 amide bonds. The van der Waals surface area contributed by atoms with E-state index in [2.05, 4.69) is 25.4 Å². The summed E-state index contributed by atoms with van der Waals surface area (Å²) in [6.07, 6.45) is 2.84. The third-order valence-corrected chi connectivity index (χ3v) is 6.66. The SMILES string of the molecule is NC(=O)c1cnn2c(N(Cc3ccccc3)Cc3ccccc3)cc(Nc3ccnn(-c4ccc(F)cc4)c3=O)nc12. The maximum Gasteiger partial charge on any atom is 0.295 e. The van der Waals surface area contributed by atoms with Crippen LogP contribution in [0.15, 0.2) is 114 Å². The van der Waals surface area contributed by atoms with Gasteiger partial charge in [-0.15, -0.1) is 0 Å². The Bertz CT molecular complexity index is 1880. The van der Waals surface area contributed by atoms with Gasteiger partial charge in [-0.3, -0.25) is 9.59 Å². The number of nitrogens with one attached hydrogen (secondary N) is 1. The molecule has 0 saturated carbocycles. The van der Waals surface area contributed by atoms with Gasteiger partial charge in [-0.2, -0.15) is 19.4 Å². The van der Waals surface area contributed by atoms with Crippen molar-refractivity contribution in [2.45, 2.75) is 13.1 Å². The average Bonchev–Trinajstić information content (AvgIpc) is 3.44. The van der Waals surface area contributed by atoms with Gasteiger partial charge in [-0.25, -0.2) is 9.37 Å². The number of rotatable bonds is 9. The highest BCUT2D eigenvalue weighted by molar-refractivity contribution is 5.99. The summed E-state index contributed by atoms with van der Waals surface area (Å²) < 4.78 is 16.2. The second-order valence-electron chi connectivity index (χ2n) is 9.55. The Labute approximate surface area is 239 Å². The summed E-state index contributed by atoms with van der Waals surface area (Å²) in [4.78, 5) is 32.4. The van der Waals surface area contributed by atoms with Gasteiger partial charge in [0.2, 0.25) is 0 Å². The molecule has 208 valence electrons. The van der Waals surface area contributed by atoms with Crippen molar-refractivity contribution in [3.63, 3.8) is 0 Å². The molecule has 42 heavy (non-hydrogen) atoms. The summed E-state index contributed by atoms with van der Waals surface area (Å²) in [5.74, 6) is -0.190. The van der Waals surface area contributed by atoms with Gasteiger partial charge < -0.3 is 16.0 Å². The number of carbonyl (C=O) groups excluding carboxylic acids is 1. The lowest BCUT2D eigenvalue weighted by molar-refractivity contribution is 0.100. The molecule has 0 bridgehead atoms. The lowest BCUT2D eigenvalue weighted by Gasteiger charge is -2.26. The molecule has 3 heterocycles. The van der Waals surface area contributed by atoms with Crippen molar-refractivity contribution in [2.75, 3.05) is 10.2 Å². The topological polar surface area (TPSA) is 123 Å². The largest absolute Gasteiger partial charge is 0.365 e. The predicted octanol–water partition coefficient (Wildman–Crippen LogP) is 4.46. The molecular weight excluding hydrogens is 535 g/mol. The van der Waals surface area contributed by atoms with Crippen molar-refractivity contribution in [2.24, 2.45) is 5.73 Å². The Balaban J connectivity index is 1.46. The minimum absolute atomic E-state index is 0.137. The van der Waals surface area contributed by atoms with Crippen molar-refractivity contribution < 1.29 is 9.18 Å². The number of anilines is 3. The molecule has 0 aliphatic heterocycles.